The molecule has 1 atom stereocenters. The lowest BCUT2D eigenvalue weighted by molar-refractivity contribution is 0.171. The van der Waals surface area contributed by atoms with Gasteiger partial charge in [-0.25, -0.2) is 0 Å². The van der Waals surface area contributed by atoms with Gasteiger partial charge in [-0.05, 0) is 36.2 Å². The van der Waals surface area contributed by atoms with E-state index < -0.39 is 0 Å². The number of benzene rings is 1. The average Bonchev–Trinajstić information content (AvgIpc) is 2.49. The third-order valence-corrected chi connectivity index (χ3v) is 3.54. The van der Waals surface area contributed by atoms with Gasteiger partial charge in [-0.15, -0.1) is 0 Å². The molecule has 2 heterocycles. The van der Waals surface area contributed by atoms with Crippen molar-refractivity contribution >= 4 is 0 Å². The van der Waals surface area contributed by atoms with Crippen molar-refractivity contribution in [2.24, 2.45) is 5.73 Å². The van der Waals surface area contributed by atoms with Crippen LogP contribution in [0.1, 0.15) is 17.2 Å². The van der Waals surface area contributed by atoms with Gasteiger partial charge in [0.05, 0.1) is 0 Å². The van der Waals surface area contributed by atoms with Crippen molar-refractivity contribution < 1.29 is 9.47 Å². The first-order valence-corrected chi connectivity index (χ1v) is 6.96. The zero-order valence-corrected chi connectivity index (χ0v) is 11.9. The highest BCUT2D eigenvalue weighted by molar-refractivity contribution is 5.44. The average molecular weight is 286 g/mol. The topological polar surface area (TPSA) is 66.5 Å². The van der Waals surface area contributed by atoms with Crippen LogP contribution >= 0.6 is 0 Å². The highest BCUT2D eigenvalue weighted by Gasteiger charge is 2.15. The highest BCUT2D eigenvalue weighted by atomic mass is 16.6. The van der Waals surface area contributed by atoms with Crippen LogP contribution in [0.3, 0.4) is 0 Å². The Morgan fingerprint density at radius 2 is 1.95 bits per heavy atom. The van der Waals surface area contributed by atoms with Crippen molar-refractivity contribution in [3.63, 3.8) is 0 Å². The lowest BCUT2D eigenvalue weighted by Crippen LogP contribution is -2.26. The molecule has 21 heavy (non-hydrogen) atoms. The first kappa shape index (κ1) is 13.7. The molecular weight excluding hydrogens is 268 g/mol. The largest absolute Gasteiger partial charge is 0.486 e. The van der Waals surface area contributed by atoms with E-state index in [0.29, 0.717) is 25.5 Å². The molecule has 1 aromatic carbocycles. The van der Waals surface area contributed by atoms with E-state index in [1.807, 2.05) is 31.2 Å². The van der Waals surface area contributed by atoms with E-state index in [1.54, 1.807) is 16.8 Å². The first-order chi connectivity index (χ1) is 10.1. The molecule has 5 nitrogen and oxygen atoms in total. The van der Waals surface area contributed by atoms with E-state index in [2.05, 4.69) is 0 Å². The van der Waals surface area contributed by atoms with Crippen molar-refractivity contribution in [1.82, 2.24) is 4.57 Å². The standard InChI is InChI=1S/C16H18N2O3/c1-11-4-5-18(16(19)8-11)10-13(17)12-2-3-14-15(9-12)21-7-6-20-14/h2-5,8-9,13H,6-7,10,17H2,1H3. The maximum atomic E-state index is 11.9. The van der Waals surface area contributed by atoms with Crippen LogP contribution in [-0.4, -0.2) is 17.8 Å². The number of nitrogens with zero attached hydrogens (tertiary/aromatic N) is 1. The van der Waals surface area contributed by atoms with Crippen LogP contribution in [0.2, 0.25) is 0 Å². The molecule has 0 spiro atoms. The quantitative estimate of drug-likeness (QED) is 0.931. The second-order valence-electron chi connectivity index (χ2n) is 5.20. The van der Waals surface area contributed by atoms with Crippen LogP contribution < -0.4 is 20.8 Å². The van der Waals surface area contributed by atoms with E-state index >= 15 is 0 Å². The van der Waals surface area contributed by atoms with Gasteiger partial charge < -0.3 is 19.8 Å². The number of fused-ring (bicyclic) bond motifs is 1. The van der Waals surface area contributed by atoms with Crippen molar-refractivity contribution in [1.29, 1.82) is 0 Å². The molecule has 0 radical (unpaired) electrons. The van der Waals surface area contributed by atoms with Gasteiger partial charge in [0.15, 0.2) is 11.5 Å². The van der Waals surface area contributed by atoms with Crippen LogP contribution in [0.25, 0.3) is 0 Å². The monoisotopic (exact) mass is 286 g/mol. The summed E-state index contributed by atoms with van der Waals surface area (Å²) in [5, 5.41) is 0. The molecule has 1 aliphatic heterocycles. The van der Waals surface area contributed by atoms with Crippen LogP contribution in [0.15, 0.2) is 41.3 Å². The van der Waals surface area contributed by atoms with Gasteiger partial charge in [0.25, 0.3) is 5.56 Å². The number of hydrogen-bond acceptors (Lipinski definition) is 4. The van der Waals surface area contributed by atoms with Gasteiger partial charge in [0.2, 0.25) is 0 Å². The van der Waals surface area contributed by atoms with E-state index in [0.717, 1.165) is 16.9 Å². The van der Waals surface area contributed by atoms with E-state index in [-0.39, 0.29) is 11.6 Å². The number of ether oxygens (including phenoxy) is 2. The molecule has 3 rings (SSSR count). The summed E-state index contributed by atoms with van der Waals surface area (Å²) in [5.41, 5.74) is 8.04. The Bertz CT molecular complexity index is 709. The summed E-state index contributed by atoms with van der Waals surface area (Å²) in [4.78, 5) is 11.9. The predicted octanol–water partition coefficient (Wildman–Crippen LogP) is 1.63. The molecule has 1 aliphatic rings. The number of pyridine rings is 1. The van der Waals surface area contributed by atoms with Gasteiger partial charge >= 0.3 is 0 Å². The fraction of sp³-hybridized carbons (Fsp3) is 0.312. The zero-order chi connectivity index (χ0) is 14.8. The lowest BCUT2D eigenvalue weighted by atomic mass is 10.1. The fourth-order valence-corrected chi connectivity index (χ4v) is 2.37. The third-order valence-electron chi connectivity index (χ3n) is 3.54. The second kappa shape index (κ2) is 5.61. The minimum atomic E-state index is -0.277. The van der Waals surface area contributed by atoms with Crippen molar-refractivity contribution in [2.75, 3.05) is 13.2 Å². The minimum Gasteiger partial charge on any atom is -0.486 e. The molecule has 0 amide bonds. The molecule has 2 aromatic rings. The molecule has 0 bridgehead atoms. The summed E-state index contributed by atoms with van der Waals surface area (Å²) in [6.07, 6.45) is 1.77. The number of rotatable bonds is 3. The van der Waals surface area contributed by atoms with Gasteiger partial charge in [-0.1, -0.05) is 6.07 Å². The highest BCUT2D eigenvalue weighted by Crippen LogP contribution is 2.32. The minimum absolute atomic E-state index is 0.0389. The summed E-state index contributed by atoms with van der Waals surface area (Å²) in [7, 11) is 0. The van der Waals surface area contributed by atoms with Crippen LogP contribution in [0.4, 0.5) is 0 Å². The molecule has 5 heteroatoms. The maximum Gasteiger partial charge on any atom is 0.250 e. The fourth-order valence-electron chi connectivity index (χ4n) is 2.37. The van der Waals surface area contributed by atoms with E-state index in [1.165, 1.54) is 0 Å². The summed E-state index contributed by atoms with van der Waals surface area (Å²) in [5.74, 6) is 1.45. The Morgan fingerprint density at radius 3 is 2.71 bits per heavy atom. The van der Waals surface area contributed by atoms with Crippen LogP contribution in [-0.2, 0) is 6.54 Å². The molecule has 0 saturated heterocycles. The molecule has 1 aromatic heterocycles. The zero-order valence-electron chi connectivity index (χ0n) is 11.9. The molecule has 1 unspecified atom stereocenters. The lowest BCUT2D eigenvalue weighted by Gasteiger charge is -2.21. The van der Waals surface area contributed by atoms with Crippen molar-refractivity contribution in [3.05, 3.63) is 58.0 Å². The van der Waals surface area contributed by atoms with Gasteiger partial charge in [-0.2, -0.15) is 0 Å². The predicted molar refractivity (Wildman–Crippen MR) is 79.8 cm³/mol. The number of nitrogens with two attached hydrogens (primary N) is 1. The second-order valence-corrected chi connectivity index (χ2v) is 5.20. The number of aromatic nitrogens is 1. The summed E-state index contributed by atoms with van der Waals surface area (Å²) >= 11 is 0. The maximum absolute atomic E-state index is 11.9. The molecule has 110 valence electrons. The molecule has 0 fully saturated rings. The third kappa shape index (κ3) is 2.92. The summed E-state index contributed by atoms with van der Waals surface area (Å²) < 4.78 is 12.7. The van der Waals surface area contributed by atoms with Gasteiger partial charge in [0, 0.05) is 24.8 Å². The Kier molecular flexibility index (Phi) is 3.66. The summed E-state index contributed by atoms with van der Waals surface area (Å²) in [6.45, 7) is 3.44. The van der Waals surface area contributed by atoms with E-state index in [9.17, 15) is 4.79 Å². The molecule has 0 saturated carbocycles. The van der Waals surface area contributed by atoms with Crippen LogP contribution in [0, 0.1) is 6.92 Å². The van der Waals surface area contributed by atoms with Gasteiger partial charge in [0.1, 0.15) is 13.2 Å². The van der Waals surface area contributed by atoms with Crippen LogP contribution in [0.5, 0.6) is 11.5 Å². The molecular formula is C16H18N2O3. The van der Waals surface area contributed by atoms with Gasteiger partial charge in [-0.3, -0.25) is 4.79 Å². The summed E-state index contributed by atoms with van der Waals surface area (Å²) in [6, 6.07) is 8.90. The SMILES string of the molecule is Cc1ccn(CC(N)c2ccc3c(c2)OCCO3)c(=O)c1. The molecule has 2 N–H and O–H groups in total. The van der Waals surface area contributed by atoms with Crippen molar-refractivity contribution in [2.45, 2.75) is 19.5 Å². The number of hydrogen-bond donors (Lipinski definition) is 1. The van der Waals surface area contributed by atoms with Crippen molar-refractivity contribution in [3.8, 4) is 11.5 Å². The molecule has 0 aliphatic carbocycles. The number of aryl methyl sites for hydroxylation is 1. The Labute approximate surface area is 122 Å². The smallest absolute Gasteiger partial charge is 0.250 e. The van der Waals surface area contributed by atoms with E-state index in [4.69, 9.17) is 15.2 Å². The Hall–Kier alpha value is -2.27. The Balaban J connectivity index is 1.82. The first-order valence-electron chi connectivity index (χ1n) is 6.96. The normalized spacial score (nSPS) is 14.8. The Morgan fingerprint density at radius 1 is 1.19 bits per heavy atom.